The van der Waals surface area contributed by atoms with Crippen LogP contribution in [0.4, 0.5) is 5.69 Å². The molecule has 0 fully saturated rings. The van der Waals surface area contributed by atoms with Crippen LogP contribution in [0.2, 0.25) is 0 Å². The first kappa shape index (κ1) is 14.8. The fourth-order valence-electron chi connectivity index (χ4n) is 2.22. The van der Waals surface area contributed by atoms with Crippen LogP contribution in [-0.2, 0) is 4.79 Å². The van der Waals surface area contributed by atoms with Crippen molar-refractivity contribution in [2.75, 3.05) is 17.9 Å². The molecule has 3 rings (SSSR count). The smallest absolute Gasteiger partial charge is 0.234 e. The van der Waals surface area contributed by atoms with E-state index < -0.39 is 0 Å². The summed E-state index contributed by atoms with van der Waals surface area (Å²) in [4.78, 5) is 13.3. The number of carbonyl (C=O) groups is 1. The summed E-state index contributed by atoms with van der Waals surface area (Å²) in [7, 11) is 0. The number of aryl methyl sites for hydroxylation is 2. The topological polar surface area (TPSA) is 47.6 Å². The van der Waals surface area contributed by atoms with Gasteiger partial charge in [-0.3, -0.25) is 4.79 Å². The first-order valence-corrected chi connectivity index (χ1v) is 8.00. The Morgan fingerprint density at radius 3 is 2.95 bits per heavy atom. The van der Waals surface area contributed by atoms with E-state index in [-0.39, 0.29) is 12.7 Å². The third-order valence-corrected chi connectivity index (χ3v) is 4.53. The number of ether oxygens (including phenoxy) is 2. The summed E-state index contributed by atoms with van der Waals surface area (Å²) >= 11 is 1.54. The molecule has 0 bridgehead atoms. The van der Waals surface area contributed by atoms with Crippen molar-refractivity contribution >= 4 is 23.4 Å². The zero-order chi connectivity index (χ0) is 15.5. The van der Waals surface area contributed by atoms with Crippen molar-refractivity contribution in [3.05, 3.63) is 47.5 Å². The molecule has 1 N–H and O–H groups in total. The minimum atomic E-state index is -0.0604. The highest BCUT2D eigenvalue weighted by Crippen LogP contribution is 2.38. The number of carbonyl (C=O) groups excluding carboxylic acids is 1. The highest BCUT2D eigenvalue weighted by atomic mass is 32.2. The molecule has 2 aromatic rings. The Hall–Kier alpha value is -2.14. The minimum Gasteiger partial charge on any atom is -0.454 e. The van der Waals surface area contributed by atoms with Crippen LogP contribution in [0, 0.1) is 13.8 Å². The molecule has 1 amide bonds. The lowest BCUT2D eigenvalue weighted by Crippen LogP contribution is -2.14. The maximum Gasteiger partial charge on any atom is 0.234 e. The van der Waals surface area contributed by atoms with Crippen molar-refractivity contribution in [2.45, 2.75) is 18.7 Å². The molecule has 1 aliphatic rings. The van der Waals surface area contributed by atoms with Gasteiger partial charge in [0.1, 0.15) is 0 Å². The molecule has 0 radical (unpaired) electrons. The molecule has 4 nitrogen and oxygen atoms in total. The van der Waals surface area contributed by atoms with Crippen LogP contribution in [0.25, 0.3) is 0 Å². The second-order valence-electron chi connectivity index (χ2n) is 5.15. The molecule has 1 aliphatic heterocycles. The van der Waals surface area contributed by atoms with Gasteiger partial charge >= 0.3 is 0 Å². The maximum atomic E-state index is 12.2. The molecule has 5 heteroatoms. The predicted molar refractivity (Wildman–Crippen MR) is 87.8 cm³/mol. The number of benzene rings is 2. The Morgan fingerprint density at radius 2 is 2.09 bits per heavy atom. The summed E-state index contributed by atoms with van der Waals surface area (Å²) in [6.45, 7) is 4.29. The van der Waals surface area contributed by atoms with Gasteiger partial charge in [0.05, 0.1) is 11.4 Å². The van der Waals surface area contributed by atoms with Crippen LogP contribution in [0.1, 0.15) is 11.1 Å². The van der Waals surface area contributed by atoms with E-state index in [1.54, 1.807) is 0 Å². The Bertz CT molecular complexity index is 715. The van der Waals surface area contributed by atoms with Gasteiger partial charge in [-0.25, -0.2) is 0 Å². The number of nitrogens with one attached hydrogen (secondary N) is 1. The molecular formula is C17H17NO3S. The molecule has 0 aromatic heterocycles. The summed E-state index contributed by atoms with van der Waals surface area (Å²) in [5, 5.41) is 2.88. The number of fused-ring (bicyclic) bond motifs is 1. The molecule has 0 saturated heterocycles. The fraction of sp³-hybridized carbons (Fsp3) is 0.235. The SMILES string of the molecule is Cc1ccc(C)c(SCC(=O)Nc2cccc3c2OCO3)c1. The van der Waals surface area contributed by atoms with E-state index in [4.69, 9.17) is 9.47 Å². The highest BCUT2D eigenvalue weighted by molar-refractivity contribution is 8.00. The molecule has 0 aliphatic carbocycles. The van der Waals surface area contributed by atoms with Crippen LogP contribution >= 0.6 is 11.8 Å². The van der Waals surface area contributed by atoms with Gasteiger partial charge in [-0.05, 0) is 37.6 Å². The van der Waals surface area contributed by atoms with Crippen molar-refractivity contribution in [1.82, 2.24) is 0 Å². The largest absolute Gasteiger partial charge is 0.454 e. The van der Waals surface area contributed by atoms with E-state index >= 15 is 0 Å². The number of hydrogen-bond acceptors (Lipinski definition) is 4. The highest BCUT2D eigenvalue weighted by Gasteiger charge is 2.18. The molecule has 2 aromatic carbocycles. The molecule has 114 valence electrons. The van der Waals surface area contributed by atoms with Gasteiger partial charge in [-0.15, -0.1) is 11.8 Å². The molecule has 0 atom stereocenters. The molecule has 1 heterocycles. The Kier molecular flexibility index (Phi) is 4.24. The molecule has 22 heavy (non-hydrogen) atoms. The van der Waals surface area contributed by atoms with Crippen LogP contribution in [-0.4, -0.2) is 18.5 Å². The van der Waals surface area contributed by atoms with Crippen molar-refractivity contribution in [3.63, 3.8) is 0 Å². The fourth-order valence-corrected chi connectivity index (χ4v) is 3.14. The lowest BCUT2D eigenvalue weighted by atomic mass is 10.2. The lowest BCUT2D eigenvalue weighted by Gasteiger charge is -2.09. The number of hydrogen-bond donors (Lipinski definition) is 1. The standard InChI is InChI=1S/C17H17NO3S/c1-11-6-7-12(2)15(8-11)22-9-16(19)18-13-4-3-5-14-17(13)21-10-20-14/h3-8H,9-10H2,1-2H3,(H,18,19). The maximum absolute atomic E-state index is 12.2. The van der Waals surface area contributed by atoms with E-state index in [1.807, 2.05) is 25.1 Å². The summed E-state index contributed by atoms with van der Waals surface area (Å²) < 4.78 is 10.7. The van der Waals surface area contributed by atoms with Crippen LogP contribution in [0.3, 0.4) is 0 Å². The first-order valence-electron chi connectivity index (χ1n) is 7.02. The third-order valence-electron chi connectivity index (χ3n) is 3.37. The number of amides is 1. The van der Waals surface area contributed by atoms with Gasteiger partial charge in [0.15, 0.2) is 11.5 Å². The van der Waals surface area contributed by atoms with E-state index in [9.17, 15) is 4.79 Å². The lowest BCUT2D eigenvalue weighted by molar-refractivity contribution is -0.113. The van der Waals surface area contributed by atoms with Gasteiger partial charge in [-0.1, -0.05) is 23.8 Å². The first-order chi connectivity index (χ1) is 10.6. The Morgan fingerprint density at radius 1 is 1.23 bits per heavy atom. The zero-order valence-electron chi connectivity index (χ0n) is 12.5. The molecule has 0 saturated carbocycles. The van der Waals surface area contributed by atoms with E-state index in [0.29, 0.717) is 22.9 Å². The second-order valence-corrected chi connectivity index (χ2v) is 6.16. The molecule has 0 unspecified atom stereocenters. The summed E-state index contributed by atoms with van der Waals surface area (Å²) in [6, 6.07) is 11.7. The summed E-state index contributed by atoms with van der Waals surface area (Å²) in [6.07, 6.45) is 0. The van der Waals surface area contributed by atoms with Crippen molar-refractivity contribution in [1.29, 1.82) is 0 Å². The average molecular weight is 315 g/mol. The van der Waals surface area contributed by atoms with Crippen LogP contribution < -0.4 is 14.8 Å². The normalized spacial score (nSPS) is 12.3. The monoisotopic (exact) mass is 315 g/mol. The van der Waals surface area contributed by atoms with Gasteiger partial charge in [-0.2, -0.15) is 0 Å². The summed E-state index contributed by atoms with van der Waals surface area (Å²) in [5.41, 5.74) is 3.03. The van der Waals surface area contributed by atoms with E-state index in [2.05, 4.69) is 30.4 Å². The quantitative estimate of drug-likeness (QED) is 0.873. The van der Waals surface area contributed by atoms with E-state index in [1.165, 1.54) is 22.9 Å². The molecule has 0 spiro atoms. The van der Waals surface area contributed by atoms with Crippen LogP contribution in [0.15, 0.2) is 41.3 Å². The van der Waals surface area contributed by atoms with E-state index in [0.717, 1.165) is 4.90 Å². The van der Waals surface area contributed by atoms with Gasteiger partial charge in [0.25, 0.3) is 0 Å². The predicted octanol–water partition coefficient (Wildman–Crippen LogP) is 3.76. The third kappa shape index (κ3) is 3.20. The van der Waals surface area contributed by atoms with Crippen molar-refractivity contribution in [2.24, 2.45) is 0 Å². The number of anilines is 1. The van der Waals surface area contributed by atoms with Crippen molar-refractivity contribution < 1.29 is 14.3 Å². The van der Waals surface area contributed by atoms with Gasteiger partial charge in [0.2, 0.25) is 12.7 Å². The zero-order valence-corrected chi connectivity index (χ0v) is 13.3. The Balaban J connectivity index is 1.64. The summed E-state index contributed by atoms with van der Waals surface area (Å²) in [5.74, 6) is 1.57. The minimum absolute atomic E-state index is 0.0604. The van der Waals surface area contributed by atoms with Crippen molar-refractivity contribution in [3.8, 4) is 11.5 Å². The van der Waals surface area contributed by atoms with Gasteiger partial charge in [0, 0.05) is 4.90 Å². The number of rotatable bonds is 4. The number of para-hydroxylation sites is 1. The average Bonchev–Trinajstić information content (AvgIpc) is 2.98. The second kappa shape index (κ2) is 6.32. The number of thioether (sulfide) groups is 1. The van der Waals surface area contributed by atoms with Gasteiger partial charge < -0.3 is 14.8 Å². The Labute approximate surface area is 133 Å². The van der Waals surface area contributed by atoms with Crippen LogP contribution in [0.5, 0.6) is 11.5 Å². The molecular weight excluding hydrogens is 298 g/mol.